The highest BCUT2D eigenvalue weighted by Gasteiger charge is 2.12. The van der Waals surface area contributed by atoms with E-state index < -0.39 is 0 Å². The van der Waals surface area contributed by atoms with Gasteiger partial charge in [0.05, 0.1) is 0 Å². The molecule has 0 aromatic rings. The van der Waals surface area contributed by atoms with Crippen molar-refractivity contribution in [3.63, 3.8) is 0 Å². The van der Waals surface area contributed by atoms with Crippen molar-refractivity contribution in [2.75, 3.05) is 19.6 Å². The van der Waals surface area contributed by atoms with Crippen LogP contribution >= 0.6 is 0 Å². The maximum atomic E-state index is 11.4. The molecule has 1 fully saturated rings. The van der Waals surface area contributed by atoms with E-state index in [4.69, 9.17) is 0 Å². The second-order valence-corrected chi connectivity index (χ2v) is 5.15. The van der Waals surface area contributed by atoms with Crippen molar-refractivity contribution < 1.29 is 4.79 Å². The van der Waals surface area contributed by atoms with Crippen LogP contribution in [0, 0.1) is 0 Å². The van der Waals surface area contributed by atoms with E-state index in [0.717, 1.165) is 6.54 Å². The molecule has 3 heteroatoms. The van der Waals surface area contributed by atoms with Gasteiger partial charge in [-0.3, -0.25) is 9.69 Å². The van der Waals surface area contributed by atoms with Gasteiger partial charge in [-0.05, 0) is 46.7 Å². The van der Waals surface area contributed by atoms with E-state index in [1.165, 1.54) is 25.9 Å². The number of nitrogens with zero attached hydrogens (tertiary/aromatic N) is 1. The fourth-order valence-electron chi connectivity index (χ4n) is 1.69. The second-order valence-electron chi connectivity index (χ2n) is 5.15. The van der Waals surface area contributed by atoms with Crippen LogP contribution in [0.1, 0.15) is 33.6 Å². The Morgan fingerprint density at radius 2 is 1.93 bits per heavy atom. The van der Waals surface area contributed by atoms with E-state index in [0.29, 0.717) is 0 Å². The van der Waals surface area contributed by atoms with E-state index in [2.05, 4.69) is 10.2 Å². The maximum absolute atomic E-state index is 11.4. The predicted octanol–water partition coefficient (Wildman–Crippen LogP) is 1.55. The Kier molecular flexibility index (Phi) is 4.33. The molecule has 0 spiro atoms. The summed E-state index contributed by atoms with van der Waals surface area (Å²) in [5.74, 6) is 0.00157. The molecule has 1 rings (SSSR count). The van der Waals surface area contributed by atoms with Gasteiger partial charge < -0.3 is 5.32 Å². The molecule has 0 bridgehead atoms. The lowest BCUT2D eigenvalue weighted by molar-refractivity contribution is -0.117. The predicted molar refractivity (Wildman–Crippen MR) is 62.7 cm³/mol. The Labute approximate surface area is 92.5 Å². The Bertz CT molecular complexity index is 234. The molecule has 1 heterocycles. The summed E-state index contributed by atoms with van der Waals surface area (Å²) in [5.41, 5.74) is -0.144. The van der Waals surface area contributed by atoms with Crippen LogP contribution in [0.25, 0.3) is 0 Å². The first kappa shape index (κ1) is 12.2. The number of hydrogen-bond acceptors (Lipinski definition) is 2. The number of nitrogens with one attached hydrogen (secondary N) is 1. The minimum Gasteiger partial charge on any atom is -0.348 e. The number of hydrogen-bond donors (Lipinski definition) is 1. The van der Waals surface area contributed by atoms with Gasteiger partial charge in [0.25, 0.3) is 0 Å². The summed E-state index contributed by atoms with van der Waals surface area (Å²) in [5, 5.41) is 2.90. The van der Waals surface area contributed by atoms with Crippen LogP contribution in [0.15, 0.2) is 12.2 Å². The molecule has 0 saturated carbocycles. The SMILES string of the molecule is CC(C)(C)NC(=O)/C=C/CN1CCCC1. The molecule has 86 valence electrons. The minimum atomic E-state index is -0.144. The van der Waals surface area contributed by atoms with Gasteiger partial charge >= 0.3 is 0 Å². The fraction of sp³-hybridized carbons (Fsp3) is 0.750. The molecular weight excluding hydrogens is 188 g/mol. The number of carbonyl (C=O) groups excluding carboxylic acids is 1. The van der Waals surface area contributed by atoms with Crippen LogP contribution in [0.2, 0.25) is 0 Å². The first-order valence-electron chi connectivity index (χ1n) is 5.68. The lowest BCUT2D eigenvalue weighted by Gasteiger charge is -2.19. The molecule has 0 aromatic heterocycles. The molecule has 1 amide bonds. The molecule has 0 radical (unpaired) electrons. The van der Waals surface area contributed by atoms with Crippen molar-refractivity contribution in [3.8, 4) is 0 Å². The van der Waals surface area contributed by atoms with Crippen LogP contribution in [0.4, 0.5) is 0 Å². The molecule has 0 aliphatic carbocycles. The highest BCUT2D eigenvalue weighted by atomic mass is 16.1. The van der Waals surface area contributed by atoms with Gasteiger partial charge in [0.15, 0.2) is 0 Å². The molecule has 0 aromatic carbocycles. The molecule has 15 heavy (non-hydrogen) atoms. The Balaban J connectivity index is 2.22. The topological polar surface area (TPSA) is 32.3 Å². The summed E-state index contributed by atoms with van der Waals surface area (Å²) in [6, 6.07) is 0. The van der Waals surface area contributed by atoms with Crippen molar-refractivity contribution in [1.29, 1.82) is 0 Å². The van der Waals surface area contributed by atoms with Gasteiger partial charge in [0.2, 0.25) is 5.91 Å². The van der Waals surface area contributed by atoms with Gasteiger partial charge in [0, 0.05) is 18.2 Å². The number of likely N-dealkylation sites (tertiary alicyclic amines) is 1. The third-order valence-electron chi connectivity index (χ3n) is 2.33. The monoisotopic (exact) mass is 210 g/mol. The third kappa shape index (κ3) is 5.57. The zero-order chi connectivity index (χ0) is 11.3. The molecular formula is C12H22N2O. The van der Waals surface area contributed by atoms with E-state index in [-0.39, 0.29) is 11.4 Å². The number of amides is 1. The maximum Gasteiger partial charge on any atom is 0.244 e. The van der Waals surface area contributed by atoms with Gasteiger partial charge in [-0.2, -0.15) is 0 Å². The lowest BCUT2D eigenvalue weighted by atomic mass is 10.1. The van der Waals surface area contributed by atoms with Gasteiger partial charge in [0.1, 0.15) is 0 Å². The first-order valence-corrected chi connectivity index (χ1v) is 5.68. The fourth-order valence-corrected chi connectivity index (χ4v) is 1.69. The lowest BCUT2D eigenvalue weighted by Crippen LogP contribution is -2.39. The summed E-state index contributed by atoms with van der Waals surface area (Å²) in [6.45, 7) is 9.20. The van der Waals surface area contributed by atoms with Crippen LogP contribution in [0.3, 0.4) is 0 Å². The third-order valence-corrected chi connectivity index (χ3v) is 2.33. The first-order chi connectivity index (χ1) is 6.97. The van der Waals surface area contributed by atoms with Gasteiger partial charge in [-0.25, -0.2) is 0 Å². The van der Waals surface area contributed by atoms with E-state index >= 15 is 0 Å². The summed E-state index contributed by atoms with van der Waals surface area (Å²) < 4.78 is 0. The largest absolute Gasteiger partial charge is 0.348 e. The summed E-state index contributed by atoms with van der Waals surface area (Å²) in [4.78, 5) is 13.8. The molecule has 0 unspecified atom stereocenters. The van der Waals surface area contributed by atoms with Crippen LogP contribution in [-0.2, 0) is 4.79 Å². The smallest absolute Gasteiger partial charge is 0.244 e. The quantitative estimate of drug-likeness (QED) is 0.717. The Morgan fingerprint density at radius 1 is 1.33 bits per heavy atom. The summed E-state index contributed by atoms with van der Waals surface area (Å²) in [7, 11) is 0. The number of rotatable bonds is 3. The van der Waals surface area contributed by atoms with E-state index in [1.807, 2.05) is 26.8 Å². The van der Waals surface area contributed by atoms with Gasteiger partial charge in [-0.15, -0.1) is 0 Å². The van der Waals surface area contributed by atoms with Crippen molar-refractivity contribution >= 4 is 5.91 Å². The molecule has 1 saturated heterocycles. The molecule has 0 atom stereocenters. The van der Waals surface area contributed by atoms with Crippen LogP contribution in [0.5, 0.6) is 0 Å². The van der Waals surface area contributed by atoms with Crippen LogP contribution < -0.4 is 5.32 Å². The average Bonchev–Trinajstić information content (AvgIpc) is 2.53. The Hall–Kier alpha value is -0.830. The molecule has 1 N–H and O–H groups in total. The molecule has 3 nitrogen and oxygen atoms in total. The normalized spacial score (nSPS) is 18.6. The van der Waals surface area contributed by atoms with Crippen molar-refractivity contribution in [2.24, 2.45) is 0 Å². The van der Waals surface area contributed by atoms with Crippen molar-refractivity contribution in [1.82, 2.24) is 10.2 Å². The molecule has 1 aliphatic heterocycles. The zero-order valence-electron chi connectivity index (χ0n) is 10.0. The summed E-state index contributed by atoms with van der Waals surface area (Å²) in [6.07, 6.45) is 6.18. The number of carbonyl (C=O) groups is 1. The van der Waals surface area contributed by atoms with E-state index in [9.17, 15) is 4.79 Å². The second kappa shape index (κ2) is 5.31. The standard InChI is InChI=1S/C12H22N2O/c1-12(2,3)13-11(15)7-6-10-14-8-4-5-9-14/h6-7H,4-5,8-10H2,1-3H3,(H,13,15)/b7-6+. The highest BCUT2D eigenvalue weighted by Crippen LogP contribution is 2.06. The van der Waals surface area contributed by atoms with Crippen molar-refractivity contribution in [2.45, 2.75) is 39.2 Å². The Morgan fingerprint density at radius 3 is 2.47 bits per heavy atom. The van der Waals surface area contributed by atoms with Gasteiger partial charge in [-0.1, -0.05) is 6.08 Å². The van der Waals surface area contributed by atoms with E-state index in [1.54, 1.807) is 6.08 Å². The van der Waals surface area contributed by atoms with Crippen molar-refractivity contribution in [3.05, 3.63) is 12.2 Å². The highest BCUT2D eigenvalue weighted by molar-refractivity contribution is 5.87. The average molecular weight is 210 g/mol. The van der Waals surface area contributed by atoms with Crippen LogP contribution in [-0.4, -0.2) is 36.0 Å². The minimum absolute atomic E-state index is 0.00157. The zero-order valence-corrected chi connectivity index (χ0v) is 10.0. The molecule has 1 aliphatic rings. The summed E-state index contributed by atoms with van der Waals surface area (Å²) >= 11 is 0.